The molecule has 0 radical (unpaired) electrons. The largest absolute Gasteiger partial charge is 0.338 e. The lowest BCUT2D eigenvalue weighted by molar-refractivity contribution is 0.375. The Morgan fingerprint density at radius 3 is 1.64 bits per heavy atom. The van der Waals surface area contributed by atoms with Gasteiger partial charge in [-0.25, -0.2) is 0 Å². The molecule has 0 saturated carbocycles. The van der Waals surface area contributed by atoms with Crippen LogP contribution in [0.4, 0.5) is 0 Å². The zero-order valence-corrected chi connectivity index (χ0v) is 16.7. The summed E-state index contributed by atoms with van der Waals surface area (Å²) in [5, 5.41) is 16.4. The van der Waals surface area contributed by atoms with Crippen LogP contribution >= 0.6 is 34.9 Å². The molecule has 25 heavy (non-hydrogen) atoms. The smallest absolute Gasteiger partial charge is 0.239 e. The lowest BCUT2D eigenvalue weighted by Gasteiger charge is -2.02. The van der Waals surface area contributed by atoms with Crippen LogP contribution in [0.3, 0.4) is 0 Å². The van der Waals surface area contributed by atoms with Crippen molar-refractivity contribution in [3.8, 4) is 0 Å². The fourth-order valence-electron chi connectivity index (χ4n) is 1.85. The summed E-state index contributed by atoms with van der Waals surface area (Å²) >= 11 is 4.64. The van der Waals surface area contributed by atoms with E-state index < -0.39 is 0 Å². The fraction of sp³-hybridized carbons (Fsp3) is 0.571. The minimum atomic E-state index is 0.0269. The molecule has 3 aromatic rings. The highest BCUT2D eigenvalue weighted by Crippen LogP contribution is 2.41. The topological polar surface area (TPSA) is 104 Å². The summed E-state index contributed by atoms with van der Waals surface area (Å²) in [7, 11) is 0. The van der Waals surface area contributed by atoms with Gasteiger partial charge in [-0.2, -0.15) is 9.97 Å². The first kappa shape index (κ1) is 18.3. The van der Waals surface area contributed by atoms with Crippen molar-refractivity contribution in [2.75, 3.05) is 0 Å². The molecule has 0 amide bonds. The average Bonchev–Trinajstić information content (AvgIpc) is 3.35. The summed E-state index contributed by atoms with van der Waals surface area (Å²) in [6.45, 7) is 8.02. The molecule has 0 aliphatic carbocycles. The van der Waals surface area contributed by atoms with Gasteiger partial charge in [0.15, 0.2) is 20.3 Å². The van der Waals surface area contributed by atoms with E-state index in [4.69, 9.17) is 9.05 Å². The van der Waals surface area contributed by atoms with Gasteiger partial charge in [0.25, 0.3) is 0 Å². The van der Waals surface area contributed by atoms with Crippen molar-refractivity contribution in [1.29, 1.82) is 0 Å². The van der Waals surface area contributed by atoms with E-state index in [1.165, 1.54) is 11.3 Å². The Hall–Kier alpha value is -1.46. The standard InChI is InChI=1S/C14H18N6O2S3/c1-5-9-15-11(21-19-9)7(3)23-13-17-18-14(25-13)24-8(4)12-16-10(6-2)20-22-12/h7-8H,5-6H2,1-4H3. The van der Waals surface area contributed by atoms with Gasteiger partial charge in [-0.1, -0.05) is 59.0 Å². The zero-order valence-electron chi connectivity index (χ0n) is 14.3. The summed E-state index contributed by atoms with van der Waals surface area (Å²) in [5.41, 5.74) is 0. The molecule has 0 aliphatic heterocycles. The van der Waals surface area contributed by atoms with Gasteiger partial charge in [-0.15, -0.1) is 10.2 Å². The normalized spacial score (nSPS) is 13.9. The van der Waals surface area contributed by atoms with Crippen molar-refractivity contribution in [2.24, 2.45) is 0 Å². The SMILES string of the molecule is CCc1noc(C(C)Sc2nnc(SC(C)c3nc(CC)no3)s2)n1. The number of thioether (sulfide) groups is 2. The summed E-state index contributed by atoms with van der Waals surface area (Å²) in [5.74, 6) is 2.65. The third kappa shape index (κ3) is 4.59. The molecular weight excluding hydrogens is 380 g/mol. The maximum Gasteiger partial charge on any atom is 0.239 e. The van der Waals surface area contributed by atoms with Crippen LogP contribution in [0.5, 0.6) is 0 Å². The van der Waals surface area contributed by atoms with E-state index in [-0.39, 0.29) is 10.5 Å². The number of rotatable bonds is 8. The quantitative estimate of drug-likeness (QED) is 0.514. The second-order valence-electron chi connectivity index (χ2n) is 5.16. The summed E-state index contributed by atoms with van der Waals surface area (Å²) in [6, 6.07) is 0. The molecule has 3 aromatic heterocycles. The molecule has 11 heteroatoms. The summed E-state index contributed by atoms with van der Waals surface area (Å²) in [6.07, 6.45) is 1.52. The molecule has 0 bridgehead atoms. The predicted molar refractivity (Wildman–Crippen MR) is 95.8 cm³/mol. The minimum absolute atomic E-state index is 0.0269. The highest BCUT2D eigenvalue weighted by molar-refractivity contribution is 8.03. The molecule has 3 rings (SSSR count). The van der Waals surface area contributed by atoms with E-state index in [9.17, 15) is 0 Å². The van der Waals surface area contributed by atoms with Crippen molar-refractivity contribution in [3.63, 3.8) is 0 Å². The van der Waals surface area contributed by atoms with Crippen molar-refractivity contribution in [3.05, 3.63) is 23.4 Å². The van der Waals surface area contributed by atoms with Crippen LogP contribution in [0, 0.1) is 0 Å². The molecule has 3 heterocycles. The van der Waals surface area contributed by atoms with Crippen molar-refractivity contribution in [2.45, 2.75) is 59.7 Å². The molecular formula is C14H18N6O2S3. The first-order valence-corrected chi connectivity index (χ1v) is 10.5. The van der Waals surface area contributed by atoms with E-state index in [1.807, 2.05) is 27.7 Å². The summed E-state index contributed by atoms with van der Waals surface area (Å²) < 4.78 is 12.3. The van der Waals surface area contributed by atoms with E-state index in [0.717, 1.165) is 33.2 Å². The third-order valence-corrected chi connectivity index (χ3v) is 6.51. The van der Waals surface area contributed by atoms with Gasteiger partial charge in [-0.05, 0) is 13.8 Å². The Labute approximate surface area is 157 Å². The van der Waals surface area contributed by atoms with Crippen molar-refractivity contribution in [1.82, 2.24) is 30.5 Å². The predicted octanol–water partition coefficient (Wildman–Crippen LogP) is 4.14. The molecule has 134 valence electrons. The Bertz CT molecular complexity index is 752. The third-order valence-electron chi connectivity index (χ3n) is 3.24. The lowest BCUT2D eigenvalue weighted by atomic mass is 10.4. The van der Waals surface area contributed by atoms with Crippen LogP contribution in [-0.4, -0.2) is 30.5 Å². The molecule has 0 aromatic carbocycles. The maximum absolute atomic E-state index is 5.27. The minimum Gasteiger partial charge on any atom is -0.338 e. The highest BCUT2D eigenvalue weighted by atomic mass is 32.2. The van der Waals surface area contributed by atoms with Crippen molar-refractivity contribution < 1.29 is 9.05 Å². The molecule has 0 fully saturated rings. The van der Waals surface area contributed by atoms with E-state index in [1.54, 1.807) is 23.5 Å². The molecule has 2 unspecified atom stereocenters. The van der Waals surface area contributed by atoms with Crippen LogP contribution < -0.4 is 0 Å². The molecule has 0 aliphatic rings. The van der Waals surface area contributed by atoms with Crippen molar-refractivity contribution >= 4 is 34.9 Å². The number of aryl methyl sites for hydroxylation is 2. The fourth-order valence-corrected chi connectivity index (χ4v) is 5.22. The number of hydrogen-bond donors (Lipinski definition) is 0. The van der Waals surface area contributed by atoms with Gasteiger partial charge < -0.3 is 9.05 Å². The van der Waals surface area contributed by atoms with E-state index >= 15 is 0 Å². The van der Waals surface area contributed by atoms with Crippen LogP contribution in [0.15, 0.2) is 17.7 Å². The summed E-state index contributed by atoms with van der Waals surface area (Å²) in [4.78, 5) is 8.71. The van der Waals surface area contributed by atoms with Crippen LogP contribution in [0.25, 0.3) is 0 Å². The Kier molecular flexibility index (Phi) is 6.07. The number of nitrogens with zero attached hydrogens (tertiary/aromatic N) is 6. The van der Waals surface area contributed by atoms with E-state index in [2.05, 4.69) is 30.5 Å². The zero-order chi connectivity index (χ0) is 17.8. The highest BCUT2D eigenvalue weighted by Gasteiger charge is 2.20. The van der Waals surface area contributed by atoms with Gasteiger partial charge in [0, 0.05) is 12.8 Å². The average molecular weight is 399 g/mol. The molecule has 0 saturated heterocycles. The van der Waals surface area contributed by atoms with Crippen LogP contribution in [0.2, 0.25) is 0 Å². The Balaban J connectivity index is 1.59. The second kappa shape index (κ2) is 8.28. The van der Waals surface area contributed by atoms with Gasteiger partial charge in [-0.3, -0.25) is 0 Å². The molecule has 8 nitrogen and oxygen atoms in total. The second-order valence-corrected chi connectivity index (χ2v) is 9.31. The first-order chi connectivity index (χ1) is 12.1. The Morgan fingerprint density at radius 2 is 1.28 bits per heavy atom. The van der Waals surface area contributed by atoms with E-state index in [0.29, 0.717) is 11.8 Å². The monoisotopic (exact) mass is 398 g/mol. The van der Waals surface area contributed by atoms with Gasteiger partial charge in [0.05, 0.1) is 10.5 Å². The molecule has 0 N–H and O–H groups in total. The lowest BCUT2D eigenvalue weighted by Crippen LogP contribution is -1.89. The van der Waals surface area contributed by atoms with Crippen LogP contribution in [0.1, 0.15) is 61.6 Å². The maximum atomic E-state index is 5.27. The number of aromatic nitrogens is 6. The molecule has 0 spiro atoms. The van der Waals surface area contributed by atoms with Gasteiger partial charge in [0.1, 0.15) is 0 Å². The first-order valence-electron chi connectivity index (χ1n) is 7.90. The van der Waals surface area contributed by atoms with Crippen LogP contribution in [-0.2, 0) is 12.8 Å². The number of hydrogen-bond acceptors (Lipinski definition) is 11. The van der Waals surface area contributed by atoms with Gasteiger partial charge in [0.2, 0.25) is 11.8 Å². The van der Waals surface area contributed by atoms with Gasteiger partial charge >= 0.3 is 0 Å². The Morgan fingerprint density at radius 1 is 0.840 bits per heavy atom. The molecule has 2 atom stereocenters.